The van der Waals surface area contributed by atoms with Gasteiger partial charge < -0.3 is 9.47 Å². The van der Waals surface area contributed by atoms with Crippen molar-refractivity contribution in [3.8, 4) is 5.75 Å². The first-order valence-corrected chi connectivity index (χ1v) is 7.53. The molecule has 114 valence electrons. The minimum atomic E-state index is -0.201. The van der Waals surface area contributed by atoms with Gasteiger partial charge >= 0.3 is 0 Å². The second-order valence-corrected chi connectivity index (χ2v) is 7.29. The molecule has 0 saturated carbocycles. The highest BCUT2D eigenvalue weighted by Crippen LogP contribution is 2.36. The molecule has 0 aliphatic heterocycles. The maximum absolute atomic E-state index is 5.70. The normalized spacial score (nSPS) is 14.2. The summed E-state index contributed by atoms with van der Waals surface area (Å²) in [6.45, 7) is 16.0. The van der Waals surface area contributed by atoms with Crippen molar-refractivity contribution in [2.75, 3.05) is 6.61 Å². The molecule has 0 amide bonds. The highest BCUT2D eigenvalue weighted by molar-refractivity contribution is 5.31. The largest absolute Gasteiger partial charge is 0.465 e. The molecular formula is C18H30O2. The molecule has 0 saturated heterocycles. The second kappa shape index (κ2) is 6.62. The summed E-state index contributed by atoms with van der Waals surface area (Å²) >= 11 is 0. The van der Waals surface area contributed by atoms with Gasteiger partial charge in [0.2, 0.25) is 0 Å². The standard InChI is InChI=1S/C18H30O2/c1-8-19-14(2)20-16-11-9-15(10-12-16)18(6,7)13-17(3,4)5/h9-12,14H,8,13H2,1-7H3. The minimum Gasteiger partial charge on any atom is -0.465 e. The van der Waals surface area contributed by atoms with Crippen molar-refractivity contribution in [2.45, 2.75) is 66.6 Å². The van der Waals surface area contributed by atoms with Crippen LogP contribution in [0.3, 0.4) is 0 Å². The van der Waals surface area contributed by atoms with E-state index in [0.29, 0.717) is 12.0 Å². The number of rotatable bonds is 6. The van der Waals surface area contributed by atoms with Crippen molar-refractivity contribution in [1.82, 2.24) is 0 Å². The first kappa shape index (κ1) is 17.0. The van der Waals surface area contributed by atoms with Crippen LogP contribution < -0.4 is 4.74 Å². The van der Waals surface area contributed by atoms with Gasteiger partial charge in [0, 0.05) is 6.61 Å². The number of hydrogen-bond acceptors (Lipinski definition) is 2. The van der Waals surface area contributed by atoms with Crippen molar-refractivity contribution in [2.24, 2.45) is 5.41 Å². The Morgan fingerprint density at radius 2 is 1.55 bits per heavy atom. The zero-order chi connectivity index (χ0) is 15.4. The molecule has 0 aliphatic rings. The molecule has 0 heterocycles. The Labute approximate surface area is 124 Å². The Balaban J connectivity index is 2.75. The van der Waals surface area contributed by atoms with Crippen LogP contribution in [0.1, 0.15) is 60.5 Å². The van der Waals surface area contributed by atoms with E-state index < -0.39 is 0 Å². The van der Waals surface area contributed by atoms with Crippen molar-refractivity contribution < 1.29 is 9.47 Å². The molecule has 0 fully saturated rings. The van der Waals surface area contributed by atoms with Crippen molar-refractivity contribution in [1.29, 1.82) is 0 Å². The highest BCUT2D eigenvalue weighted by Gasteiger charge is 2.27. The summed E-state index contributed by atoms with van der Waals surface area (Å²) in [5.41, 5.74) is 1.84. The van der Waals surface area contributed by atoms with Crippen molar-refractivity contribution >= 4 is 0 Å². The van der Waals surface area contributed by atoms with Gasteiger partial charge in [0.1, 0.15) is 5.75 Å². The molecule has 2 nitrogen and oxygen atoms in total. The first-order chi connectivity index (χ1) is 9.14. The van der Waals surface area contributed by atoms with Gasteiger partial charge in [-0.05, 0) is 48.8 Å². The Morgan fingerprint density at radius 3 is 2.00 bits per heavy atom. The molecule has 1 unspecified atom stereocenters. The van der Waals surface area contributed by atoms with Crippen LogP contribution in [-0.4, -0.2) is 12.9 Å². The van der Waals surface area contributed by atoms with Gasteiger partial charge in [-0.15, -0.1) is 0 Å². The van der Waals surface area contributed by atoms with E-state index in [1.165, 1.54) is 5.56 Å². The van der Waals surface area contributed by atoms with Crippen LogP contribution in [-0.2, 0) is 10.2 Å². The average Bonchev–Trinajstić information content (AvgIpc) is 2.26. The molecule has 2 heteroatoms. The van der Waals surface area contributed by atoms with E-state index in [-0.39, 0.29) is 11.7 Å². The van der Waals surface area contributed by atoms with Gasteiger partial charge in [-0.25, -0.2) is 0 Å². The third-order valence-corrected chi connectivity index (χ3v) is 3.31. The number of ether oxygens (including phenoxy) is 2. The third kappa shape index (κ3) is 5.54. The van der Waals surface area contributed by atoms with Crippen molar-refractivity contribution in [3.63, 3.8) is 0 Å². The van der Waals surface area contributed by atoms with E-state index >= 15 is 0 Å². The zero-order valence-corrected chi connectivity index (χ0v) is 14.1. The first-order valence-electron chi connectivity index (χ1n) is 7.53. The minimum absolute atomic E-state index is 0.169. The molecule has 1 atom stereocenters. The molecule has 1 rings (SSSR count). The molecule has 0 N–H and O–H groups in total. The van der Waals surface area contributed by atoms with E-state index in [9.17, 15) is 0 Å². The highest BCUT2D eigenvalue weighted by atomic mass is 16.7. The summed E-state index contributed by atoms with van der Waals surface area (Å²) in [7, 11) is 0. The number of benzene rings is 1. The zero-order valence-electron chi connectivity index (χ0n) is 14.1. The van der Waals surface area contributed by atoms with Crippen LogP contribution in [0.2, 0.25) is 0 Å². The molecule has 0 bridgehead atoms. The summed E-state index contributed by atoms with van der Waals surface area (Å²) in [5.74, 6) is 0.862. The fourth-order valence-corrected chi connectivity index (χ4v) is 2.87. The topological polar surface area (TPSA) is 18.5 Å². The number of hydrogen-bond donors (Lipinski definition) is 0. The maximum atomic E-state index is 5.70. The fraction of sp³-hybridized carbons (Fsp3) is 0.667. The van der Waals surface area contributed by atoms with Crippen LogP contribution in [0.5, 0.6) is 5.75 Å². The molecule has 1 aromatic carbocycles. The molecule has 0 spiro atoms. The van der Waals surface area contributed by atoms with E-state index in [1.54, 1.807) is 0 Å². The lowest BCUT2D eigenvalue weighted by atomic mass is 9.72. The predicted molar refractivity (Wildman–Crippen MR) is 85.3 cm³/mol. The van der Waals surface area contributed by atoms with Gasteiger partial charge in [0.05, 0.1) is 0 Å². The summed E-state index contributed by atoms with van der Waals surface area (Å²) in [6, 6.07) is 8.41. The second-order valence-electron chi connectivity index (χ2n) is 7.29. The Kier molecular flexibility index (Phi) is 5.64. The molecular weight excluding hydrogens is 248 g/mol. The lowest BCUT2D eigenvalue weighted by molar-refractivity contribution is -0.0613. The summed E-state index contributed by atoms with van der Waals surface area (Å²) in [5, 5.41) is 0. The average molecular weight is 278 g/mol. The maximum Gasteiger partial charge on any atom is 0.196 e. The van der Waals surface area contributed by atoms with Gasteiger partial charge in [0.25, 0.3) is 0 Å². The van der Waals surface area contributed by atoms with Gasteiger partial charge in [-0.2, -0.15) is 0 Å². The monoisotopic (exact) mass is 278 g/mol. The van der Waals surface area contributed by atoms with E-state index in [1.807, 2.05) is 26.0 Å². The summed E-state index contributed by atoms with van der Waals surface area (Å²) in [4.78, 5) is 0. The van der Waals surface area contributed by atoms with Crippen LogP contribution in [0.4, 0.5) is 0 Å². The van der Waals surface area contributed by atoms with Crippen LogP contribution in [0.15, 0.2) is 24.3 Å². The lowest BCUT2D eigenvalue weighted by Crippen LogP contribution is -2.24. The smallest absolute Gasteiger partial charge is 0.196 e. The molecule has 0 aromatic heterocycles. The third-order valence-electron chi connectivity index (χ3n) is 3.31. The Morgan fingerprint density at radius 1 is 1.00 bits per heavy atom. The predicted octanol–water partition coefficient (Wildman–Crippen LogP) is 5.16. The van der Waals surface area contributed by atoms with Gasteiger partial charge in [-0.1, -0.05) is 46.8 Å². The van der Waals surface area contributed by atoms with Gasteiger partial charge in [-0.3, -0.25) is 0 Å². The summed E-state index contributed by atoms with van der Waals surface area (Å²) < 4.78 is 11.1. The van der Waals surface area contributed by atoms with Crippen LogP contribution in [0, 0.1) is 5.41 Å². The van der Waals surface area contributed by atoms with Crippen LogP contribution in [0.25, 0.3) is 0 Å². The van der Waals surface area contributed by atoms with Gasteiger partial charge in [0.15, 0.2) is 6.29 Å². The SMILES string of the molecule is CCOC(C)Oc1ccc(C(C)(C)CC(C)(C)C)cc1. The molecule has 0 aliphatic carbocycles. The van der Waals surface area contributed by atoms with Crippen molar-refractivity contribution in [3.05, 3.63) is 29.8 Å². The quantitative estimate of drug-likeness (QED) is 0.669. The molecule has 0 radical (unpaired) electrons. The van der Waals surface area contributed by atoms with Crippen LogP contribution >= 0.6 is 0 Å². The molecule has 20 heavy (non-hydrogen) atoms. The van der Waals surface area contributed by atoms with E-state index in [4.69, 9.17) is 9.47 Å². The summed E-state index contributed by atoms with van der Waals surface area (Å²) in [6.07, 6.45) is 0.948. The fourth-order valence-electron chi connectivity index (χ4n) is 2.87. The van der Waals surface area contributed by atoms with E-state index in [0.717, 1.165) is 12.2 Å². The van der Waals surface area contributed by atoms with E-state index in [2.05, 4.69) is 46.8 Å². The Bertz CT molecular complexity index is 398. The molecule has 1 aromatic rings. The Hall–Kier alpha value is -1.02. The lowest BCUT2D eigenvalue weighted by Gasteiger charge is -2.33.